The fourth-order valence-electron chi connectivity index (χ4n) is 3.11. The summed E-state index contributed by atoms with van der Waals surface area (Å²) in [6.45, 7) is 0.538. The predicted molar refractivity (Wildman–Crippen MR) is 89.6 cm³/mol. The van der Waals surface area contributed by atoms with E-state index in [4.69, 9.17) is 4.74 Å². The molecule has 4 rings (SSSR count). The van der Waals surface area contributed by atoms with E-state index in [9.17, 15) is 4.79 Å². The van der Waals surface area contributed by atoms with Crippen molar-refractivity contribution in [1.82, 2.24) is 10.3 Å². The molecular formula is C19H18N2O2. The number of ether oxygens (including phenoxy) is 1. The maximum atomic E-state index is 12.2. The zero-order valence-corrected chi connectivity index (χ0v) is 12.7. The lowest BCUT2D eigenvalue weighted by Gasteiger charge is -2.11. The standard InChI is InChI=1S/C19H18N2O2/c22-19(10-14-11-20-17-7-3-2-6-16(14)17)21-12-15-9-13-5-1-4-8-18(13)23-15/h1-8,11,15,20H,9-10,12H2,(H,21,22)/t15-/m0/s1. The van der Waals surface area contributed by atoms with Crippen molar-refractivity contribution in [2.75, 3.05) is 6.54 Å². The molecule has 0 aliphatic carbocycles. The molecule has 1 aliphatic heterocycles. The van der Waals surface area contributed by atoms with Crippen molar-refractivity contribution in [3.63, 3.8) is 0 Å². The van der Waals surface area contributed by atoms with E-state index in [2.05, 4.69) is 16.4 Å². The Morgan fingerprint density at radius 3 is 2.91 bits per heavy atom. The Balaban J connectivity index is 1.35. The van der Waals surface area contributed by atoms with Crippen LogP contribution in [-0.4, -0.2) is 23.5 Å². The van der Waals surface area contributed by atoms with E-state index in [0.29, 0.717) is 13.0 Å². The molecule has 1 aromatic heterocycles. The molecule has 1 aliphatic rings. The molecule has 0 radical (unpaired) electrons. The van der Waals surface area contributed by atoms with Gasteiger partial charge in [-0.1, -0.05) is 36.4 Å². The second-order valence-electron chi connectivity index (χ2n) is 5.89. The first-order valence-corrected chi connectivity index (χ1v) is 7.86. The molecule has 2 N–H and O–H groups in total. The molecule has 4 nitrogen and oxygen atoms in total. The highest BCUT2D eigenvalue weighted by molar-refractivity contribution is 5.88. The van der Waals surface area contributed by atoms with Crippen LogP contribution in [0.3, 0.4) is 0 Å². The monoisotopic (exact) mass is 306 g/mol. The van der Waals surface area contributed by atoms with Gasteiger partial charge < -0.3 is 15.0 Å². The van der Waals surface area contributed by atoms with Gasteiger partial charge in [-0.2, -0.15) is 0 Å². The molecular weight excluding hydrogens is 288 g/mol. The van der Waals surface area contributed by atoms with Crippen molar-refractivity contribution >= 4 is 16.8 Å². The van der Waals surface area contributed by atoms with Crippen LogP contribution in [0.2, 0.25) is 0 Å². The van der Waals surface area contributed by atoms with Crippen molar-refractivity contribution in [3.8, 4) is 5.75 Å². The Hall–Kier alpha value is -2.75. The van der Waals surface area contributed by atoms with Crippen molar-refractivity contribution in [2.45, 2.75) is 18.9 Å². The second kappa shape index (κ2) is 5.80. The Morgan fingerprint density at radius 2 is 2.00 bits per heavy atom. The maximum Gasteiger partial charge on any atom is 0.224 e. The number of H-pyrrole nitrogens is 1. The topological polar surface area (TPSA) is 54.1 Å². The van der Waals surface area contributed by atoms with Gasteiger partial charge in [0.1, 0.15) is 11.9 Å². The summed E-state index contributed by atoms with van der Waals surface area (Å²) < 4.78 is 5.84. The van der Waals surface area contributed by atoms with Crippen LogP contribution in [0.1, 0.15) is 11.1 Å². The number of nitrogens with one attached hydrogen (secondary N) is 2. The van der Waals surface area contributed by atoms with Gasteiger partial charge in [0.15, 0.2) is 0 Å². The third-order valence-electron chi connectivity index (χ3n) is 4.27. The largest absolute Gasteiger partial charge is 0.488 e. The molecule has 1 amide bonds. The smallest absolute Gasteiger partial charge is 0.224 e. The number of aromatic amines is 1. The number of hydrogen-bond acceptors (Lipinski definition) is 2. The van der Waals surface area contributed by atoms with E-state index in [1.165, 1.54) is 5.56 Å². The van der Waals surface area contributed by atoms with Crippen LogP contribution >= 0.6 is 0 Å². The predicted octanol–water partition coefficient (Wildman–Crippen LogP) is 2.83. The average Bonchev–Trinajstić information content (AvgIpc) is 3.17. The fraction of sp³-hybridized carbons (Fsp3) is 0.211. The molecule has 4 heteroatoms. The highest BCUT2D eigenvalue weighted by atomic mass is 16.5. The van der Waals surface area contributed by atoms with E-state index >= 15 is 0 Å². The molecule has 0 fully saturated rings. The number of amides is 1. The van der Waals surface area contributed by atoms with E-state index in [-0.39, 0.29) is 12.0 Å². The zero-order valence-electron chi connectivity index (χ0n) is 12.7. The van der Waals surface area contributed by atoms with E-state index in [1.54, 1.807) is 0 Å². The lowest BCUT2D eigenvalue weighted by atomic mass is 10.1. The number of benzene rings is 2. The highest BCUT2D eigenvalue weighted by Crippen LogP contribution is 2.27. The van der Waals surface area contributed by atoms with Crippen LogP contribution < -0.4 is 10.1 Å². The van der Waals surface area contributed by atoms with Crippen LogP contribution in [0.4, 0.5) is 0 Å². The van der Waals surface area contributed by atoms with E-state index in [1.807, 2.05) is 48.7 Å². The zero-order chi connectivity index (χ0) is 15.6. The number of fused-ring (bicyclic) bond motifs is 2. The summed E-state index contributed by atoms with van der Waals surface area (Å²) in [4.78, 5) is 15.4. The van der Waals surface area contributed by atoms with Gasteiger partial charge in [0.25, 0.3) is 0 Å². The van der Waals surface area contributed by atoms with Gasteiger partial charge in [0.05, 0.1) is 13.0 Å². The van der Waals surface area contributed by atoms with Gasteiger partial charge in [0, 0.05) is 23.5 Å². The minimum atomic E-state index is 0.0225. The summed E-state index contributed by atoms with van der Waals surface area (Å²) in [6, 6.07) is 16.0. The Bertz CT molecular complexity index is 828. The molecule has 0 spiro atoms. The average molecular weight is 306 g/mol. The maximum absolute atomic E-state index is 12.2. The summed E-state index contributed by atoms with van der Waals surface area (Å²) in [5.41, 5.74) is 3.29. The molecule has 23 heavy (non-hydrogen) atoms. The van der Waals surface area contributed by atoms with Gasteiger partial charge >= 0.3 is 0 Å². The summed E-state index contributed by atoms with van der Waals surface area (Å²) in [5, 5.41) is 4.09. The summed E-state index contributed by atoms with van der Waals surface area (Å²) in [5.74, 6) is 0.956. The molecule has 3 aromatic rings. The molecule has 1 atom stereocenters. The number of carbonyl (C=O) groups excluding carboxylic acids is 1. The molecule has 0 saturated heterocycles. The molecule has 0 bridgehead atoms. The number of hydrogen-bond donors (Lipinski definition) is 2. The molecule has 2 aromatic carbocycles. The van der Waals surface area contributed by atoms with Gasteiger partial charge in [-0.25, -0.2) is 0 Å². The number of aromatic nitrogens is 1. The second-order valence-corrected chi connectivity index (χ2v) is 5.89. The molecule has 0 unspecified atom stereocenters. The van der Waals surface area contributed by atoms with Crippen molar-refractivity contribution in [3.05, 3.63) is 65.9 Å². The van der Waals surface area contributed by atoms with Gasteiger partial charge in [0.2, 0.25) is 5.91 Å². The van der Waals surface area contributed by atoms with Gasteiger partial charge in [-0.05, 0) is 23.3 Å². The lowest BCUT2D eigenvalue weighted by molar-refractivity contribution is -0.120. The normalized spacial score (nSPS) is 16.1. The first-order valence-electron chi connectivity index (χ1n) is 7.86. The van der Waals surface area contributed by atoms with Crippen LogP contribution in [0.25, 0.3) is 10.9 Å². The summed E-state index contributed by atoms with van der Waals surface area (Å²) >= 11 is 0. The molecule has 116 valence electrons. The first kappa shape index (κ1) is 13.9. The minimum absolute atomic E-state index is 0.0225. The molecule has 0 saturated carbocycles. The lowest BCUT2D eigenvalue weighted by Crippen LogP contribution is -2.35. The van der Waals surface area contributed by atoms with Crippen LogP contribution in [0, 0.1) is 0 Å². The minimum Gasteiger partial charge on any atom is -0.488 e. The third-order valence-corrected chi connectivity index (χ3v) is 4.27. The van der Waals surface area contributed by atoms with Crippen molar-refractivity contribution in [1.29, 1.82) is 0 Å². The Kier molecular flexibility index (Phi) is 3.50. The van der Waals surface area contributed by atoms with E-state index in [0.717, 1.165) is 28.6 Å². The third kappa shape index (κ3) is 2.80. The first-order chi connectivity index (χ1) is 11.3. The highest BCUT2D eigenvalue weighted by Gasteiger charge is 2.22. The van der Waals surface area contributed by atoms with Gasteiger partial charge in [-0.3, -0.25) is 4.79 Å². The quantitative estimate of drug-likeness (QED) is 0.779. The van der Waals surface area contributed by atoms with Crippen LogP contribution in [0.15, 0.2) is 54.7 Å². The molecule has 2 heterocycles. The summed E-state index contributed by atoms with van der Waals surface area (Å²) in [7, 11) is 0. The van der Waals surface area contributed by atoms with Gasteiger partial charge in [-0.15, -0.1) is 0 Å². The van der Waals surface area contributed by atoms with E-state index < -0.39 is 0 Å². The number of rotatable bonds is 4. The number of para-hydroxylation sites is 2. The Morgan fingerprint density at radius 1 is 1.17 bits per heavy atom. The fourth-order valence-corrected chi connectivity index (χ4v) is 3.11. The van der Waals surface area contributed by atoms with Crippen molar-refractivity contribution < 1.29 is 9.53 Å². The van der Waals surface area contributed by atoms with Crippen LogP contribution in [-0.2, 0) is 17.6 Å². The Labute approximate surface area is 134 Å². The van der Waals surface area contributed by atoms with Crippen molar-refractivity contribution in [2.24, 2.45) is 0 Å². The number of carbonyl (C=O) groups is 1. The van der Waals surface area contributed by atoms with Crippen LogP contribution in [0.5, 0.6) is 5.75 Å². The summed E-state index contributed by atoms with van der Waals surface area (Å²) in [6.07, 6.45) is 3.17. The SMILES string of the molecule is O=C(Cc1c[nH]c2ccccc12)NC[C@@H]1Cc2ccccc2O1.